The zero-order valence-corrected chi connectivity index (χ0v) is 11.2. The number of rotatable bonds is 3. The Morgan fingerprint density at radius 1 is 1.10 bits per heavy atom. The van der Waals surface area contributed by atoms with E-state index < -0.39 is 22.1 Å². The molecule has 0 saturated heterocycles. The van der Waals surface area contributed by atoms with E-state index in [9.17, 15) is 17.4 Å². The molecule has 0 N–H and O–H groups in total. The van der Waals surface area contributed by atoms with Crippen molar-refractivity contribution in [3.63, 3.8) is 0 Å². The van der Waals surface area contributed by atoms with Gasteiger partial charge in [-0.15, -0.1) is 0 Å². The van der Waals surface area contributed by atoms with Gasteiger partial charge in [-0.05, 0) is 24.3 Å². The Balaban J connectivity index is 2.32. The van der Waals surface area contributed by atoms with E-state index in [1.165, 1.54) is 12.1 Å². The first-order valence-electron chi connectivity index (χ1n) is 5.68. The van der Waals surface area contributed by atoms with Crippen LogP contribution in [0.4, 0.5) is 13.2 Å². The van der Waals surface area contributed by atoms with Crippen molar-refractivity contribution >= 4 is 16.3 Å². The van der Waals surface area contributed by atoms with Gasteiger partial charge in [-0.2, -0.15) is 19.0 Å². The van der Waals surface area contributed by atoms with Crippen LogP contribution in [-0.2, 0) is 26.5 Å². The van der Waals surface area contributed by atoms with Crippen molar-refractivity contribution in [1.82, 2.24) is 4.98 Å². The van der Waals surface area contributed by atoms with Crippen LogP contribution in [0.15, 0.2) is 42.5 Å². The van der Waals surface area contributed by atoms with Crippen molar-refractivity contribution in [3.8, 4) is 11.3 Å². The molecule has 1 aromatic carbocycles. The maximum absolute atomic E-state index is 12.5. The molecule has 0 aliphatic rings. The second kappa shape index (κ2) is 5.66. The number of alkyl halides is 3. The van der Waals surface area contributed by atoms with Gasteiger partial charge in [0.25, 0.3) is 0 Å². The van der Waals surface area contributed by atoms with Gasteiger partial charge in [0.15, 0.2) is 0 Å². The Morgan fingerprint density at radius 3 is 2.30 bits per heavy atom. The first kappa shape index (κ1) is 14.6. The summed E-state index contributed by atoms with van der Waals surface area (Å²) in [7, 11) is -1.26. The average Bonchev–Trinajstić information content (AvgIpc) is 2.37. The van der Waals surface area contributed by atoms with Crippen molar-refractivity contribution in [2.24, 2.45) is 0 Å². The number of pyridine rings is 1. The standard InChI is InChI=1S/C14H11F3NOS/c1-20(19)9-12-3-2-4-13(18-12)10-5-7-11(8-6-10)14(15,16)17/h2-8H,1,9H2/q-1. The summed E-state index contributed by atoms with van der Waals surface area (Å²) in [6, 6.07) is 9.90. The van der Waals surface area contributed by atoms with Crippen LogP contribution in [0.2, 0.25) is 0 Å². The molecule has 0 aliphatic heterocycles. The maximum atomic E-state index is 12.5. The van der Waals surface area contributed by atoms with Crippen LogP contribution in [0, 0.1) is 0 Å². The molecule has 20 heavy (non-hydrogen) atoms. The molecule has 1 aromatic heterocycles. The summed E-state index contributed by atoms with van der Waals surface area (Å²) < 4.78 is 48.5. The van der Waals surface area contributed by atoms with Gasteiger partial charge in [0.1, 0.15) is 0 Å². The minimum atomic E-state index is -4.35. The molecule has 2 nitrogen and oxygen atoms in total. The Hall–Kier alpha value is -1.82. The molecule has 1 heterocycles. The van der Waals surface area contributed by atoms with E-state index in [2.05, 4.69) is 10.9 Å². The SMILES string of the molecule is C=[S-](=O)Cc1cccc(-c2ccc(C(F)(F)F)cc2)n1. The highest BCUT2D eigenvalue weighted by atomic mass is 32.2. The van der Waals surface area contributed by atoms with Crippen LogP contribution in [0.25, 0.3) is 11.3 Å². The van der Waals surface area contributed by atoms with E-state index in [0.717, 1.165) is 12.1 Å². The molecule has 0 spiro atoms. The summed E-state index contributed by atoms with van der Waals surface area (Å²) in [5.74, 6) is 3.60. The van der Waals surface area contributed by atoms with Gasteiger partial charge in [-0.1, -0.05) is 24.0 Å². The lowest BCUT2D eigenvalue weighted by Gasteiger charge is -2.09. The van der Waals surface area contributed by atoms with Gasteiger partial charge in [0, 0.05) is 11.3 Å². The largest absolute Gasteiger partial charge is 0.461 e. The normalized spacial score (nSPS) is 11.8. The zero-order valence-electron chi connectivity index (χ0n) is 10.4. The van der Waals surface area contributed by atoms with Gasteiger partial charge in [0.2, 0.25) is 0 Å². The van der Waals surface area contributed by atoms with Crippen molar-refractivity contribution in [2.75, 3.05) is 0 Å². The first-order chi connectivity index (χ1) is 9.36. The van der Waals surface area contributed by atoms with E-state index in [0.29, 0.717) is 17.0 Å². The molecule has 106 valence electrons. The highest BCUT2D eigenvalue weighted by Crippen LogP contribution is 2.30. The summed E-state index contributed by atoms with van der Waals surface area (Å²) in [6.07, 6.45) is -4.35. The van der Waals surface area contributed by atoms with Gasteiger partial charge in [-0.25, -0.2) is 0 Å². The number of hydrogen-bond acceptors (Lipinski definition) is 3. The topological polar surface area (TPSA) is 30.0 Å². The Labute approximate surface area is 116 Å². The van der Waals surface area contributed by atoms with Gasteiger partial charge in [-0.3, -0.25) is 15.4 Å². The number of halogens is 3. The lowest BCUT2D eigenvalue weighted by molar-refractivity contribution is -0.137. The predicted molar refractivity (Wildman–Crippen MR) is 73.6 cm³/mol. The molecule has 0 fully saturated rings. The van der Waals surface area contributed by atoms with E-state index in [-0.39, 0.29) is 5.75 Å². The van der Waals surface area contributed by atoms with Crippen LogP contribution < -0.4 is 0 Å². The van der Waals surface area contributed by atoms with Crippen molar-refractivity contribution in [1.29, 1.82) is 0 Å². The molecule has 0 saturated carbocycles. The summed E-state index contributed by atoms with van der Waals surface area (Å²) >= 11 is 0. The van der Waals surface area contributed by atoms with Crippen LogP contribution in [0.3, 0.4) is 0 Å². The second-order valence-corrected chi connectivity index (χ2v) is 5.34. The number of hydrogen-bond donors (Lipinski definition) is 0. The van der Waals surface area contributed by atoms with Gasteiger partial charge < -0.3 is 4.21 Å². The minimum absolute atomic E-state index is 0.217. The summed E-state index contributed by atoms with van der Waals surface area (Å²) in [5, 5.41) is 0. The summed E-state index contributed by atoms with van der Waals surface area (Å²) in [6.45, 7) is 0. The zero-order chi connectivity index (χ0) is 14.8. The van der Waals surface area contributed by atoms with Crippen molar-refractivity contribution in [2.45, 2.75) is 11.9 Å². The fourth-order valence-corrected chi connectivity index (χ4v) is 2.21. The molecule has 0 radical (unpaired) electrons. The predicted octanol–water partition coefficient (Wildman–Crippen LogP) is 3.66. The molecule has 0 unspecified atom stereocenters. The minimum Gasteiger partial charge on any atom is -0.461 e. The molecular formula is C14H11F3NOS-. The molecule has 0 aliphatic carbocycles. The smallest absolute Gasteiger partial charge is 0.416 e. The van der Waals surface area contributed by atoms with E-state index in [1.54, 1.807) is 18.2 Å². The van der Waals surface area contributed by atoms with Crippen molar-refractivity contribution in [3.05, 3.63) is 53.7 Å². The molecule has 6 heteroatoms. The van der Waals surface area contributed by atoms with Crippen LogP contribution in [0.5, 0.6) is 0 Å². The lowest BCUT2D eigenvalue weighted by Crippen LogP contribution is -2.04. The van der Waals surface area contributed by atoms with Crippen LogP contribution in [-0.4, -0.2) is 10.9 Å². The Morgan fingerprint density at radius 2 is 1.75 bits per heavy atom. The summed E-state index contributed by atoms with van der Waals surface area (Å²) in [4.78, 5) is 4.26. The highest BCUT2D eigenvalue weighted by Gasteiger charge is 2.29. The van der Waals surface area contributed by atoms with Gasteiger partial charge in [0.05, 0.1) is 11.3 Å². The van der Waals surface area contributed by atoms with E-state index in [4.69, 9.17) is 0 Å². The fourth-order valence-electron chi connectivity index (χ4n) is 1.72. The number of benzene rings is 1. The lowest BCUT2D eigenvalue weighted by atomic mass is 10.1. The molecule has 0 atom stereocenters. The second-order valence-electron chi connectivity index (χ2n) is 4.17. The third-order valence-electron chi connectivity index (χ3n) is 2.62. The van der Waals surface area contributed by atoms with Crippen LogP contribution in [0.1, 0.15) is 11.3 Å². The highest BCUT2D eigenvalue weighted by molar-refractivity contribution is 7.81. The average molecular weight is 298 g/mol. The third-order valence-corrected chi connectivity index (χ3v) is 3.24. The fraction of sp³-hybridized carbons (Fsp3) is 0.143. The summed E-state index contributed by atoms with van der Waals surface area (Å²) in [5.41, 5.74) is 1.02. The quantitative estimate of drug-likeness (QED) is 0.639. The van der Waals surface area contributed by atoms with Crippen molar-refractivity contribution < 1.29 is 17.4 Å². The number of nitrogens with zero attached hydrogens (tertiary/aromatic N) is 1. The Bertz CT molecular complexity index is 668. The molecule has 2 rings (SSSR count). The molecular weight excluding hydrogens is 287 g/mol. The molecule has 2 aromatic rings. The Kier molecular flexibility index (Phi) is 4.13. The number of aromatic nitrogens is 1. The monoisotopic (exact) mass is 298 g/mol. The third kappa shape index (κ3) is 3.60. The van der Waals surface area contributed by atoms with E-state index in [1.807, 2.05) is 0 Å². The maximum Gasteiger partial charge on any atom is 0.416 e. The van der Waals surface area contributed by atoms with E-state index >= 15 is 0 Å². The molecule has 0 amide bonds. The van der Waals surface area contributed by atoms with Gasteiger partial charge >= 0.3 is 6.18 Å². The molecule has 0 bridgehead atoms. The van der Waals surface area contributed by atoms with Crippen LogP contribution >= 0.6 is 0 Å². The first-order valence-corrected chi connectivity index (χ1v) is 7.17.